The van der Waals surface area contributed by atoms with Crippen LogP contribution in [0.15, 0.2) is 53.4 Å². The van der Waals surface area contributed by atoms with E-state index >= 15 is 0 Å². The lowest BCUT2D eigenvalue weighted by Gasteiger charge is -2.20. The van der Waals surface area contributed by atoms with Gasteiger partial charge >= 0.3 is 5.97 Å². The Balaban J connectivity index is 2.12. The van der Waals surface area contributed by atoms with Crippen molar-refractivity contribution in [1.82, 2.24) is 4.31 Å². The number of hydrogen-bond donors (Lipinski definition) is 2. The van der Waals surface area contributed by atoms with E-state index in [1.165, 1.54) is 31.2 Å². The molecule has 0 radical (unpaired) electrons. The molecule has 10 heteroatoms. The van der Waals surface area contributed by atoms with Gasteiger partial charge in [-0.05, 0) is 49.4 Å². The van der Waals surface area contributed by atoms with Gasteiger partial charge in [-0.2, -0.15) is 4.31 Å². The second kappa shape index (κ2) is 10.7. The summed E-state index contributed by atoms with van der Waals surface area (Å²) in [6.45, 7) is 4.48. The summed E-state index contributed by atoms with van der Waals surface area (Å²) in [4.78, 5) is 35.3. The first kappa shape index (κ1) is 24.0. The first-order valence-corrected chi connectivity index (χ1v) is 11.1. The van der Waals surface area contributed by atoms with Gasteiger partial charge in [0.2, 0.25) is 21.8 Å². The van der Waals surface area contributed by atoms with Crippen molar-refractivity contribution in [3.8, 4) is 0 Å². The zero-order valence-electron chi connectivity index (χ0n) is 17.5. The highest BCUT2D eigenvalue weighted by Gasteiger charge is 2.26. The topological polar surface area (TPSA) is 122 Å². The van der Waals surface area contributed by atoms with Crippen molar-refractivity contribution in [3.05, 3.63) is 54.1 Å². The summed E-state index contributed by atoms with van der Waals surface area (Å²) in [7, 11) is -4.01. The maximum Gasteiger partial charge on any atom is 0.338 e. The lowest BCUT2D eigenvalue weighted by molar-refractivity contribution is -0.116. The normalized spacial score (nSPS) is 11.1. The van der Waals surface area contributed by atoms with Crippen molar-refractivity contribution < 1.29 is 27.5 Å². The van der Waals surface area contributed by atoms with Crippen molar-refractivity contribution in [2.24, 2.45) is 0 Å². The zero-order chi connectivity index (χ0) is 23.0. The number of ether oxygens (including phenoxy) is 1. The van der Waals surface area contributed by atoms with Crippen molar-refractivity contribution in [3.63, 3.8) is 0 Å². The quantitative estimate of drug-likeness (QED) is 0.570. The van der Waals surface area contributed by atoms with Crippen LogP contribution in [0, 0.1) is 0 Å². The number of esters is 1. The second-order valence-electron chi connectivity index (χ2n) is 6.49. The molecule has 2 aromatic carbocycles. The van der Waals surface area contributed by atoms with Crippen LogP contribution in [-0.4, -0.2) is 50.2 Å². The molecule has 2 N–H and O–H groups in total. The molecule has 0 aliphatic carbocycles. The highest BCUT2D eigenvalue weighted by atomic mass is 32.2. The summed E-state index contributed by atoms with van der Waals surface area (Å²) < 4.78 is 31.9. The van der Waals surface area contributed by atoms with Crippen LogP contribution >= 0.6 is 0 Å². The van der Waals surface area contributed by atoms with Crippen LogP contribution in [0.4, 0.5) is 11.4 Å². The van der Waals surface area contributed by atoms with E-state index in [4.69, 9.17) is 4.74 Å². The molecule has 0 spiro atoms. The van der Waals surface area contributed by atoms with Gasteiger partial charge < -0.3 is 15.4 Å². The highest BCUT2D eigenvalue weighted by molar-refractivity contribution is 7.89. The number of rotatable bonds is 9. The molecule has 2 amide bonds. The Morgan fingerprint density at radius 1 is 0.968 bits per heavy atom. The smallest absolute Gasteiger partial charge is 0.338 e. The van der Waals surface area contributed by atoms with Gasteiger partial charge in [0.25, 0.3) is 0 Å². The Hall–Kier alpha value is -3.24. The predicted molar refractivity (Wildman–Crippen MR) is 116 cm³/mol. The number of nitrogens with zero attached hydrogens (tertiary/aromatic N) is 1. The number of amides is 2. The van der Waals surface area contributed by atoms with Gasteiger partial charge in [-0.1, -0.05) is 13.0 Å². The van der Waals surface area contributed by atoms with Crippen molar-refractivity contribution in [2.75, 3.05) is 30.3 Å². The number of nitrogens with one attached hydrogen (secondary N) is 2. The van der Waals surface area contributed by atoms with Crippen molar-refractivity contribution in [1.29, 1.82) is 0 Å². The van der Waals surface area contributed by atoms with Gasteiger partial charge in [0.1, 0.15) is 0 Å². The molecule has 0 aromatic heterocycles. The number of sulfonamides is 1. The van der Waals surface area contributed by atoms with E-state index in [-0.39, 0.29) is 29.5 Å². The SMILES string of the molecule is CCOC(=O)c1cccc(S(=O)(=O)N(CC)CC(=O)Nc2ccc(NC(C)=O)cc2)c1. The fourth-order valence-electron chi connectivity index (χ4n) is 2.71. The van der Waals surface area contributed by atoms with Gasteiger partial charge in [0.15, 0.2) is 0 Å². The number of benzene rings is 2. The zero-order valence-corrected chi connectivity index (χ0v) is 18.4. The molecule has 0 saturated carbocycles. The van der Waals surface area contributed by atoms with Crippen molar-refractivity contribution in [2.45, 2.75) is 25.7 Å². The monoisotopic (exact) mass is 447 g/mol. The largest absolute Gasteiger partial charge is 0.462 e. The second-order valence-corrected chi connectivity index (χ2v) is 8.42. The summed E-state index contributed by atoms with van der Waals surface area (Å²) in [6.07, 6.45) is 0. The van der Waals surface area contributed by atoms with E-state index in [0.717, 1.165) is 4.31 Å². The fraction of sp³-hybridized carbons (Fsp3) is 0.286. The minimum Gasteiger partial charge on any atom is -0.462 e. The van der Waals surface area contributed by atoms with Crippen LogP contribution in [0.1, 0.15) is 31.1 Å². The van der Waals surface area contributed by atoms with Crippen LogP contribution in [0.3, 0.4) is 0 Å². The number of carbonyl (C=O) groups excluding carboxylic acids is 3. The first-order valence-electron chi connectivity index (χ1n) is 9.62. The average Bonchev–Trinajstić information content (AvgIpc) is 2.73. The number of likely N-dealkylation sites (N-methyl/N-ethyl adjacent to an activating group) is 1. The summed E-state index contributed by atoms with van der Waals surface area (Å²) in [5.74, 6) is -1.37. The van der Waals surface area contributed by atoms with E-state index in [1.807, 2.05) is 0 Å². The van der Waals surface area contributed by atoms with Gasteiger partial charge in [-0.15, -0.1) is 0 Å². The third-order valence-electron chi connectivity index (χ3n) is 4.14. The number of hydrogen-bond acceptors (Lipinski definition) is 6. The van der Waals surface area contributed by atoms with E-state index in [2.05, 4.69) is 10.6 Å². The van der Waals surface area contributed by atoms with E-state index in [0.29, 0.717) is 11.4 Å². The third-order valence-corrected chi connectivity index (χ3v) is 6.06. The average molecular weight is 448 g/mol. The molecule has 0 bridgehead atoms. The van der Waals surface area contributed by atoms with Gasteiger partial charge in [-0.25, -0.2) is 13.2 Å². The molecule has 31 heavy (non-hydrogen) atoms. The molecular weight excluding hydrogens is 422 g/mol. The molecule has 0 heterocycles. The maximum absolute atomic E-state index is 13.0. The molecule has 2 rings (SSSR count). The molecule has 0 fully saturated rings. The molecule has 166 valence electrons. The highest BCUT2D eigenvalue weighted by Crippen LogP contribution is 2.18. The Morgan fingerprint density at radius 2 is 1.58 bits per heavy atom. The predicted octanol–water partition coefficient (Wildman–Crippen LogP) is 2.47. The third kappa shape index (κ3) is 6.63. The van der Waals surface area contributed by atoms with E-state index in [9.17, 15) is 22.8 Å². The Labute approximate surface area is 181 Å². The van der Waals surface area contributed by atoms with Crippen LogP contribution in [0.5, 0.6) is 0 Å². The summed E-state index contributed by atoms with van der Waals surface area (Å²) in [5.41, 5.74) is 1.14. The maximum atomic E-state index is 13.0. The van der Waals surface area contributed by atoms with Gasteiger partial charge in [0, 0.05) is 24.8 Å². The van der Waals surface area contributed by atoms with Crippen LogP contribution in [-0.2, 0) is 24.3 Å². The number of anilines is 2. The lowest BCUT2D eigenvalue weighted by Crippen LogP contribution is -2.37. The van der Waals surface area contributed by atoms with E-state index < -0.39 is 28.4 Å². The molecule has 0 aliphatic rings. The number of carbonyl (C=O) groups is 3. The standard InChI is InChI=1S/C21H25N3O6S/c1-4-24(14-20(26)23-18-11-9-17(10-12-18)22-15(3)25)31(28,29)19-8-6-7-16(13-19)21(27)30-5-2/h6-13H,4-5,14H2,1-3H3,(H,22,25)(H,23,26). The van der Waals surface area contributed by atoms with Crippen molar-refractivity contribution >= 4 is 39.2 Å². The molecule has 9 nitrogen and oxygen atoms in total. The van der Waals surface area contributed by atoms with Gasteiger partial charge in [0.05, 0.1) is 23.6 Å². The molecule has 0 saturated heterocycles. The van der Waals surface area contributed by atoms with Crippen LogP contribution < -0.4 is 10.6 Å². The van der Waals surface area contributed by atoms with E-state index in [1.54, 1.807) is 38.1 Å². The Kier molecular flexibility index (Phi) is 8.29. The van der Waals surface area contributed by atoms with Crippen LogP contribution in [0.2, 0.25) is 0 Å². The minimum absolute atomic E-state index is 0.0564. The summed E-state index contributed by atoms with van der Waals surface area (Å²) in [5, 5.41) is 5.24. The molecule has 0 unspecified atom stereocenters. The fourth-order valence-corrected chi connectivity index (χ4v) is 4.17. The van der Waals surface area contributed by atoms with Crippen LogP contribution in [0.25, 0.3) is 0 Å². The Morgan fingerprint density at radius 3 is 2.13 bits per heavy atom. The van der Waals surface area contributed by atoms with Gasteiger partial charge in [-0.3, -0.25) is 9.59 Å². The Bertz CT molecular complexity index is 1050. The molecule has 2 aromatic rings. The minimum atomic E-state index is -4.01. The molecule has 0 atom stereocenters. The lowest BCUT2D eigenvalue weighted by atomic mass is 10.2. The molecule has 0 aliphatic heterocycles. The first-order chi connectivity index (χ1) is 14.7. The summed E-state index contributed by atoms with van der Waals surface area (Å²) >= 11 is 0. The molecular formula is C21H25N3O6S. The summed E-state index contributed by atoms with van der Waals surface area (Å²) in [6, 6.07) is 11.9.